The first-order chi connectivity index (χ1) is 8.24. The molecule has 1 aromatic carbocycles. The van der Waals surface area contributed by atoms with Crippen LogP contribution >= 0.6 is 23.2 Å². The highest BCUT2D eigenvalue weighted by Crippen LogP contribution is 2.25. The lowest BCUT2D eigenvalue weighted by Crippen LogP contribution is -2.01. The molecule has 0 aliphatic heterocycles. The summed E-state index contributed by atoms with van der Waals surface area (Å²) < 4.78 is 0. The lowest BCUT2D eigenvalue weighted by Gasteiger charge is -2.08. The average molecular weight is 274 g/mol. The van der Waals surface area contributed by atoms with E-state index in [-0.39, 0.29) is 0 Å². The molecule has 1 nitrogen and oxygen atoms in total. The van der Waals surface area contributed by atoms with E-state index in [0.29, 0.717) is 10.0 Å². The smallest absolute Gasteiger partial charge is 0.0652 e. The van der Waals surface area contributed by atoms with Crippen LogP contribution in [0.2, 0.25) is 10.0 Å². The van der Waals surface area contributed by atoms with Gasteiger partial charge in [0.1, 0.15) is 0 Å². The number of hydrogen-bond acceptors (Lipinski definition) is 1. The third-order valence-corrected chi connectivity index (χ3v) is 3.32. The largest absolute Gasteiger partial charge is 0.384 e. The molecular formula is C14H21Cl2N. The van der Waals surface area contributed by atoms with E-state index in [2.05, 4.69) is 12.2 Å². The van der Waals surface area contributed by atoms with Crippen molar-refractivity contribution in [3.05, 3.63) is 28.2 Å². The molecule has 96 valence electrons. The van der Waals surface area contributed by atoms with Gasteiger partial charge in [-0.15, -0.1) is 0 Å². The van der Waals surface area contributed by atoms with E-state index >= 15 is 0 Å². The number of halogens is 2. The molecule has 0 amide bonds. The first-order valence-electron chi connectivity index (χ1n) is 6.43. The molecule has 0 spiro atoms. The Morgan fingerprint density at radius 3 is 2.41 bits per heavy atom. The van der Waals surface area contributed by atoms with Crippen molar-refractivity contribution in [1.29, 1.82) is 0 Å². The van der Waals surface area contributed by atoms with Gasteiger partial charge in [0.15, 0.2) is 0 Å². The third-order valence-electron chi connectivity index (χ3n) is 2.78. The molecule has 0 aliphatic carbocycles. The van der Waals surface area contributed by atoms with E-state index < -0.39 is 0 Å². The molecule has 0 aromatic heterocycles. The van der Waals surface area contributed by atoms with Gasteiger partial charge in [0, 0.05) is 11.6 Å². The maximum Gasteiger partial charge on any atom is 0.0652 e. The van der Waals surface area contributed by atoms with Crippen molar-refractivity contribution in [2.45, 2.75) is 45.4 Å². The van der Waals surface area contributed by atoms with Crippen molar-refractivity contribution in [2.24, 2.45) is 0 Å². The molecule has 1 rings (SSSR count). The Morgan fingerprint density at radius 2 is 1.71 bits per heavy atom. The van der Waals surface area contributed by atoms with Gasteiger partial charge in [-0.1, -0.05) is 62.2 Å². The first-order valence-corrected chi connectivity index (χ1v) is 7.18. The zero-order valence-electron chi connectivity index (χ0n) is 10.4. The van der Waals surface area contributed by atoms with Crippen molar-refractivity contribution >= 4 is 28.9 Å². The molecule has 0 aliphatic rings. The number of unbranched alkanes of at least 4 members (excludes halogenated alkanes) is 5. The van der Waals surface area contributed by atoms with Crippen LogP contribution in [-0.2, 0) is 0 Å². The second-order valence-electron chi connectivity index (χ2n) is 4.32. The molecule has 0 saturated heterocycles. The van der Waals surface area contributed by atoms with E-state index in [9.17, 15) is 0 Å². The number of rotatable bonds is 8. The van der Waals surface area contributed by atoms with E-state index in [1.165, 1.54) is 38.5 Å². The number of benzene rings is 1. The summed E-state index contributed by atoms with van der Waals surface area (Å²) in [5.41, 5.74) is 0.977. The second kappa shape index (κ2) is 8.66. The van der Waals surface area contributed by atoms with Crippen LogP contribution in [-0.4, -0.2) is 6.54 Å². The van der Waals surface area contributed by atoms with Crippen LogP contribution in [0.3, 0.4) is 0 Å². The molecular weight excluding hydrogens is 253 g/mol. The zero-order valence-corrected chi connectivity index (χ0v) is 11.9. The average Bonchev–Trinajstić information content (AvgIpc) is 2.30. The molecule has 0 fully saturated rings. The van der Waals surface area contributed by atoms with Crippen LogP contribution in [0, 0.1) is 0 Å². The molecule has 0 radical (unpaired) electrons. The van der Waals surface area contributed by atoms with Crippen molar-refractivity contribution in [1.82, 2.24) is 0 Å². The Kier molecular flexibility index (Phi) is 7.46. The van der Waals surface area contributed by atoms with Crippen LogP contribution in [0.1, 0.15) is 45.4 Å². The molecule has 0 bridgehead atoms. The topological polar surface area (TPSA) is 12.0 Å². The molecule has 0 heterocycles. The van der Waals surface area contributed by atoms with Gasteiger partial charge in [0.25, 0.3) is 0 Å². The first kappa shape index (κ1) is 14.7. The Balaban J connectivity index is 2.14. The van der Waals surface area contributed by atoms with Gasteiger partial charge in [0.2, 0.25) is 0 Å². The normalized spacial score (nSPS) is 10.5. The zero-order chi connectivity index (χ0) is 12.5. The Hall–Kier alpha value is -0.400. The van der Waals surface area contributed by atoms with E-state index in [1.54, 1.807) is 6.07 Å². The monoisotopic (exact) mass is 273 g/mol. The molecule has 17 heavy (non-hydrogen) atoms. The second-order valence-corrected chi connectivity index (χ2v) is 5.16. The van der Waals surface area contributed by atoms with Crippen LogP contribution in [0.5, 0.6) is 0 Å². The van der Waals surface area contributed by atoms with Crippen LogP contribution < -0.4 is 5.32 Å². The molecule has 3 heteroatoms. The SMILES string of the molecule is CCCCCCCCNc1ccc(Cl)cc1Cl. The number of hydrogen-bond donors (Lipinski definition) is 1. The molecule has 1 aromatic rings. The van der Waals surface area contributed by atoms with E-state index in [1.807, 2.05) is 12.1 Å². The van der Waals surface area contributed by atoms with E-state index in [0.717, 1.165) is 12.2 Å². The molecule has 0 saturated carbocycles. The summed E-state index contributed by atoms with van der Waals surface area (Å²) in [6.07, 6.45) is 7.85. The van der Waals surface area contributed by atoms with Gasteiger partial charge < -0.3 is 5.32 Å². The maximum absolute atomic E-state index is 6.06. The van der Waals surface area contributed by atoms with Crippen molar-refractivity contribution < 1.29 is 0 Å². The van der Waals surface area contributed by atoms with Gasteiger partial charge in [-0.25, -0.2) is 0 Å². The summed E-state index contributed by atoms with van der Waals surface area (Å²) in [6.45, 7) is 3.22. The van der Waals surface area contributed by atoms with Crippen molar-refractivity contribution in [3.63, 3.8) is 0 Å². The van der Waals surface area contributed by atoms with Gasteiger partial charge >= 0.3 is 0 Å². The predicted octanol–water partition coefficient (Wildman–Crippen LogP) is 5.77. The summed E-state index contributed by atoms with van der Waals surface area (Å²) >= 11 is 11.9. The highest BCUT2D eigenvalue weighted by Gasteiger charge is 1.99. The minimum absolute atomic E-state index is 0.681. The Morgan fingerprint density at radius 1 is 1.00 bits per heavy atom. The van der Waals surface area contributed by atoms with E-state index in [4.69, 9.17) is 23.2 Å². The lowest BCUT2D eigenvalue weighted by atomic mass is 10.1. The van der Waals surface area contributed by atoms with Gasteiger partial charge in [0.05, 0.1) is 10.7 Å². The highest BCUT2D eigenvalue weighted by atomic mass is 35.5. The minimum atomic E-state index is 0.681. The third kappa shape index (κ3) is 6.18. The van der Waals surface area contributed by atoms with Crippen LogP contribution in [0.25, 0.3) is 0 Å². The van der Waals surface area contributed by atoms with Crippen molar-refractivity contribution in [3.8, 4) is 0 Å². The quantitative estimate of drug-likeness (QED) is 0.594. The summed E-state index contributed by atoms with van der Waals surface area (Å²) in [5.74, 6) is 0. The summed E-state index contributed by atoms with van der Waals surface area (Å²) in [6, 6.07) is 5.56. The molecule has 0 unspecified atom stereocenters. The van der Waals surface area contributed by atoms with Crippen LogP contribution in [0.4, 0.5) is 5.69 Å². The summed E-state index contributed by atoms with van der Waals surface area (Å²) in [5, 5.41) is 4.72. The standard InChI is InChI=1S/C14H21Cl2N/c1-2-3-4-5-6-7-10-17-14-9-8-12(15)11-13(14)16/h8-9,11,17H,2-7,10H2,1H3. The Bertz CT molecular complexity index is 326. The number of nitrogens with one attached hydrogen (secondary N) is 1. The fraction of sp³-hybridized carbons (Fsp3) is 0.571. The highest BCUT2D eigenvalue weighted by molar-refractivity contribution is 6.36. The van der Waals surface area contributed by atoms with Gasteiger partial charge in [-0.05, 0) is 24.6 Å². The molecule has 1 N–H and O–H groups in total. The summed E-state index contributed by atoms with van der Waals surface area (Å²) in [4.78, 5) is 0. The van der Waals surface area contributed by atoms with Gasteiger partial charge in [-0.3, -0.25) is 0 Å². The van der Waals surface area contributed by atoms with Gasteiger partial charge in [-0.2, -0.15) is 0 Å². The lowest BCUT2D eigenvalue weighted by molar-refractivity contribution is 0.617. The minimum Gasteiger partial charge on any atom is -0.384 e. The van der Waals surface area contributed by atoms with Crippen LogP contribution in [0.15, 0.2) is 18.2 Å². The number of anilines is 1. The predicted molar refractivity (Wildman–Crippen MR) is 78.3 cm³/mol. The summed E-state index contributed by atoms with van der Waals surface area (Å²) in [7, 11) is 0. The fourth-order valence-corrected chi connectivity index (χ4v) is 2.24. The fourth-order valence-electron chi connectivity index (χ4n) is 1.76. The van der Waals surface area contributed by atoms with Crippen molar-refractivity contribution in [2.75, 3.05) is 11.9 Å². The Labute approximate surface area is 115 Å². The maximum atomic E-state index is 6.06. The molecule has 0 atom stereocenters.